The summed E-state index contributed by atoms with van der Waals surface area (Å²) in [5, 5.41) is 3.35. The molecular weight excluding hydrogens is 355 g/mol. The van der Waals surface area contributed by atoms with Crippen molar-refractivity contribution < 1.29 is 14.0 Å². The first-order valence-electron chi connectivity index (χ1n) is 8.46. The van der Waals surface area contributed by atoms with Crippen molar-refractivity contribution in [1.29, 1.82) is 0 Å². The molecule has 0 saturated carbocycles. The topological polar surface area (TPSA) is 49.4 Å². The fourth-order valence-electron chi connectivity index (χ4n) is 2.54. The van der Waals surface area contributed by atoms with Gasteiger partial charge >= 0.3 is 0 Å². The second-order valence-electron chi connectivity index (χ2n) is 5.97. The molecule has 0 aliphatic rings. The zero-order chi connectivity index (χ0) is 18.9. The van der Waals surface area contributed by atoms with E-state index in [1.165, 1.54) is 13.0 Å². The van der Waals surface area contributed by atoms with Crippen molar-refractivity contribution >= 4 is 23.4 Å². The zero-order valence-corrected chi connectivity index (χ0v) is 15.4. The molecule has 26 heavy (non-hydrogen) atoms. The van der Waals surface area contributed by atoms with Crippen LogP contribution in [0.1, 0.15) is 24.5 Å². The lowest BCUT2D eigenvalue weighted by Crippen LogP contribution is -2.34. The number of carbonyl (C=O) groups is 2. The minimum Gasteiger partial charge on any atom is -0.356 e. The van der Waals surface area contributed by atoms with Crippen LogP contribution in [-0.2, 0) is 22.6 Å². The average molecular weight is 377 g/mol. The summed E-state index contributed by atoms with van der Waals surface area (Å²) in [6.07, 6.45) is 0.607. The van der Waals surface area contributed by atoms with E-state index in [2.05, 4.69) is 5.32 Å². The minimum absolute atomic E-state index is 0.121. The van der Waals surface area contributed by atoms with Gasteiger partial charge in [-0.15, -0.1) is 0 Å². The summed E-state index contributed by atoms with van der Waals surface area (Å²) in [5.41, 5.74) is 1.40. The number of hydrogen-bond donors (Lipinski definition) is 1. The van der Waals surface area contributed by atoms with E-state index in [0.717, 1.165) is 5.56 Å². The maximum atomic E-state index is 13.5. The van der Waals surface area contributed by atoms with E-state index in [4.69, 9.17) is 11.6 Å². The molecule has 0 unspecified atom stereocenters. The Kier molecular flexibility index (Phi) is 7.60. The molecule has 0 aliphatic heterocycles. The Hall–Kier alpha value is -2.40. The van der Waals surface area contributed by atoms with Gasteiger partial charge in [-0.25, -0.2) is 4.39 Å². The van der Waals surface area contributed by atoms with Gasteiger partial charge in [0.25, 0.3) is 0 Å². The molecule has 1 N–H and O–H groups in total. The highest BCUT2D eigenvalue weighted by Gasteiger charge is 2.13. The third-order valence-electron chi connectivity index (χ3n) is 4.05. The molecule has 0 saturated heterocycles. The van der Waals surface area contributed by atoms with E-state index in [-0.39, 0.29) is 24.1 Å². The smallest absolute Gasteiger partial charge is 0.221 e. The van der Waals surface area contributed by atoms with Gasteiger partial charge in [-0.2, -0.15) is 0 Å². The Morgan fingerprint density at radius 3 is 2.38 bits per heavy atom. The lowest BCUT2D eigenvalue weighted by atomic mass is 10.1. The molecule has 6 heteroatoms. The number of halogens is 2. The van der Waals surface area contributed by atoms with E-state index in [9.17, 15) is 14.0 Å². The third kappa shape index (κ3) is 6.15. The van der Waals surface area contributed by atoms with Gasteiger partial charge in [0.05, 0.1) is 0 Å². The van der Waals surface area contributed by atoms with Crippen LogP contribution in [0.5, 0.6) is 0 Å². The molecule has 0 aliphatic carbocycles. The predicted molar refractivity (Wildman–Crippen MR) is 100 cm³/mol. The van der Waals surface area contributed by atoms with Gasteiger partial charge < -0.3 is 10.2 Å². The Morgan fingerprint density at radius 1 is 1.08 bits per heavy atom. The summed E-state index contributed by atoms with van der Waals surface area (Å²) in [6, 6.07) is 13.8. The van der Waals surface area contributed by atoms with E-state index in [0.29, 0.717) is 36.6 Å². The number of rotatable bonds is 8. The molecule has 2 aromatic carbocycles. The molecule has 0 fully saturated rings. The molecule has 138 valence electrons. The van der Waals surface area contributed by atoms with Crippen LogP contribution in [0.25, 0.3) is 0 Å². The number of carbonyl (C=O) groups excluding carboxylic acids is 2. The van der Waals surface area contributed by atoms with Crippen molar-refractivity contribution in [3.05, 3.63) is 70.5 Å². The number of benzene rings is 2. The van der Waals surface area contributed by atoms with Gasteiger partial charge in [0.2, 0.25) is 11.8 Å². The number of amides is 2. The first-order chi connectivity index (χ1) is 12.5. The van der Waals surface area contributed by atoms with Crippen LogP contribution in [0.2, 0.25) is 5.02 Å². The molecule has 4 nitrogen and oxygen atoms in total. The van der Waals surface area contributed by atoms with Crippen LogP contribution in [-0.4, -0.2) is 29.8 Å². The molecule has 0 atom stereocenters. The van der Waals surface area contributed by atoms with Crippen LogP contribution in [0.4, 0.5) is 4.39 Å². The molecule has 2 amide bonds. The molecule has 2 aromatic rings. The molecule has 2 rings (SSSR count). The zero-order valence-electron chi connectivity index (χ0n) is 14.7. The van der Waals surface area contributed by atoms with Crippen molar-refractivity contribution in [2.75, 3.05) is 13.1 Å². The van der Waals surface area contributed by atoms with Crippen LogP contribution in [0.15, 0.2) is 48.5 Å². The Bertz CT molecular complexity index is 767. The van der Waals surface area contributed by atoms with Crippen molar-refractivity contribution in [3.63, 3.8) is 0 Å². The molecule has 0 radical (unpaired) electrons. The Morgan fingerprint density at radius 2 is 1.73 bits per heavy atom. The summed E-state index contributed by atoms with van der Waals surface area (Å²) >= 11 is 6.13. The molecule has 0 bridgehead atoms. The van der Waals surface area contributed by atoms with Gasteiger partial charge in [0.1, 0.15) is 5.82 Å². The number of hydrogen-bond acceptors (Lipinski definition) is 2. The maximum absolute atomic E-state index is 13.5. The van der Waals surface area contributed by atoms with Crippen LogP contribution in [0.3, 0.4) is 0 Å². The highest BCUT2D eigenvalue weighted by Crippen LogP contribution is 2.17. The monoisotopic (exact) mass is 376 g/mol. The fourth-order valence-corrected chi connectivity index (χ4v) is 2.74. The highest BCUT2D eigenvalue weighted by atomic mass is 35.5. The van der Waals surface area contributed by atoms with Gasteiger partial charge in [-0.3, -0.25) is 9.59 Å². The SMILES string of the molecule is CC(=O)N(CCC(=O)NCCc1ccccc1F)Cc1ccccc1Cl. The van der Waals surface area contributed by atoms with Crippen LogP contribution >= 0.6 is 11.6 Å². The standard InChI is InChI=1S/C20H22ClFN2O2/c1-15(25)24(14-17-7-2-4-8-18(17)21)13-11-20(26)23-12-10-16-6-3-5-9-19(16)22/h2-9H,10-14H2,1H3,(H,23,26). The third-order valence-corrected chi connectivity index (χ3v) is 4.42. The van der Waals surface area contributed by atoms with Gasteiger partial charge in [0.15, 0.2) is 0 Å². The number of nitrogens with one attached hydrogen (secondary N) is 1. The van der Waals surface area contributed by atoms with Crippen molar-refractivity contribution in [2.24, 2.45) is 0 Å². The second kappa shape index (κ2) is 9.92. The van der Waals surface area contributed by atoms with E-state index < -0.39 is 0 Å². The lowest BCUT2D eigenvalue weighted by molar-refractivity contribution is -0.130. The Balaban J connectivity index is 1.79. The minimum atomic E-state index is -0.274. The van der Waals surface area contributed by atoms with Gasteiger partial charge in [-0.1, -0.05) is 48.0 Å². The average Bonchev–Trinajstić information content (AvgIpc) is 2.61. The van der Waals surface area contributed by atoms with Crippen molar-refractivity contribution in [1.82, 2.24) is 10.2 Å². The second-order valence-corrected chi connectivity index (χ2v) is 6.38. The van der Waals surface area contributed by atoms with E-state index in [1.54, 1.807) is 29.2 Å². The van der Waals surface area contributed by atoms with Gasteiger partial charge in [0, 0.05) is 38.0 Å². The fraction of sp³-hybridized carbons (Fsp3) is 0.300. The quantitative estimate of drug-likeness (QED) is 0.765. The predicted octanol–water partition coefficient (Wildman–Crippen LogP) is 3.58. The van der Waals surface area contributed by atoms with Crippen LogP contribution in [0, 0.1) is 5.82 Å². The van der Waals surface area contributed by atoms with Gasteiger partial charge in [-0.05, 0) is 29.7 Å². The maximum Gasteiger partial charge on any atom is 0.221 e. The highest BCUT2D eigenvalue weighted by molar-refractivity contribution is 6.31. The van der Waals surface area contributed by atoms with E-state index >= 15 is 0 Å². The molecule has 0 aromatic heterocycles. The normalized spacial score (nSPS) is 10.4. The largest absolute Gasteiger partial charge is 0.356 e. The first-order valence-corrected chi connectivity index (χ1v) is 8.84. The summed E-state index contributed by atoms with van der Waals surface area (Å²) in [4.78, 5) is 25.4. The lowest BCUT2D eigenvalue weighted by Gasteiger charge is -2.21. The number of nitrogens with zero attached hydrogens (tertiary/aromatic N) is 1. The molecule has 0 heterocycles. The summed E-state index contributed by atoms with van der Waals surface area (Å²) in [5.74, 6) is -0.569. The van der Waals surface area contributed by atoms with E-state index in [1.807, 2.05) is 18.2 Å². The summed E-state index contributed by atoms with van der Waals surface area (Å²) < 4.78 is 13.5. The van der Waals surface area contributed by atoms with Crippen molar-refractivity contribution in [3.8, 4) is 0 Å². The summed E-state index contributed by atoms with van der Waals surface area (Å²) in [6.45, 7) is 2.47. The first kappa shape index (κ1) is 19.9. The van der Waals surface area contributed by atoms with Crippen molar-refractivity contribution in [2.45, 2.75) is 26.3 Å². The Labute approximate surface area is 158 Å². The molecular formula is C20H22ClFN2O2. The van der Waals surface area contributed by atoms with Crippen LogP contribution < -0.4 is 5.32 Å². The molecule has 0 spiro atoms. The summed E-state index contributed by atoms with van der Waals surface area (Å²) in [7, 11) is 0.